The highest BCUT2D eigenvalue weighted by Gasteiger charge is 2.22. The molecule has 1 heterocycles. The minimum atomic E-state index is 0.476. The molecule has 0 radical (unpaired) electrons. The van der Waals surface area contributed by atoms with Gasteiger partial charge in [0.25, 0.3) is 0 Å². The fourth-order valence-corrected chi connectivity index (χ4v) is 2.75. The van der Waals surface area contributed by atoms with Crippen molar-refractivity contribution in [1.29, 1.82) is 0 Å². The molecule has 0 spiro atoms. The van der Waals surface area contributed by atoms with E-state index in [0.29, 0.717) is 5.92 Å². The van der Waals surface area contributed by atoms with E-state index in [1.807, 2.05) is 7.05 Å². The Labute approximate surface area is 110 Å². The molecule has 0 saturated carbocycles. The number of aryl methyl sites for hydroxylation is 2. The maximum atomic E-state index is 4.81. The molecule has 0 amide bonds. The number of aromatic nitrogens is 2. The van der Waals surface area contributed by atoms with Crippen molar-refractivity contribution >= 4 is 0 Å². The topological polar surface area (TPSA) is 37.8 Å². The van der Waals surface area contributed by atoms with Gasteiger partial charge in [0.1, 0.15) is 5.82 Å². The van der Waals surface area contributed by atoms with Gasteiger partial charge in [-0.15, -0.1) is 0 Å². The quantitative estimate of drug-likeness (QED) is 0.889. The summed E-state index contributed by atoms with van der Waals surface area (Å²) >= 11 is 0. The Morgan fingerprint density at radius 3 is 2.83 bits per heavy atom. The van der Waals surface area contributed by atoms with Crippen LogP contribution < -0.4 is 5.32 Å². The largest absolute Gasteiger partial charge is 0.319 e. The van der Waals surface area contributed by atoms with E-state index >= 15 is 0 Å². The molecular formula is C15H25N3. The lowest BCUT2D eigenvalue weighted by Gasteiger charge is -2.25. The van der Waals surface area contributed by atoms with Gasteiger partial charge in [0.15, 0.2) is 0 Å². The SMILES string of the molecule is CCC(C)c1nc(C)c2c(n1)CCC(CNC)C2. The summed E-state index contributed by atoms with van der Waals surface area (Å²) in [6, 6.07) is 0. The van der Waals surface area contributed by atoms with Crippen LogP contribution in [0.1, 0.15) is 55.4 Å². The maximum absolute atomic E-state index is 4.81. The molecule has 2 unspecified atom stereocenters. The average molecular weight is 247 g/mol. The van der Waals surface area contributed by atoms with Gasteiger partial charge < -0.3 is 5.32 Å². The van der Waals surface area contributed by atoms with E-state index < -0.39 is 0 Å². The van der Waals surface area contributed by atoms with Crippen molar-refractivity contribution in [3.05, 3.63) is 22.8 Å². The van der Waals surface area contributed by atoms with Gasteiger partial charge >= 0.3 is 0 Å². The summed E-state index contributed by atoms with van der Waals surface area (Å²) in [5.74, 6) is 2.27. The summed E-state index contributed by atoms with van der Waals surface area (Å²) in [4.78, 5) is 9.53. The summed E-state index contributed by atoms with van der Waals surface area (Å²) in [6.45, 7) is 7.67. The summed E-state index contributed by atoms with van der Waals surface area (Å²) in [5, 5.41) is 3.29. The molecule has 0 aliphatic heterocycles. The first-order chi connectivity index (χ1) is 8.65. The zero-order valence-corrected chi connectivity index (χ0v) is 12.1. The molecule has 2 rings (SSSR count). The number of nitrogens with one attached hydrogen (secondary N) is 1. The molecule has 3 nitrogen and oxygen atoms in total. The second kappa shape index (κ2) is 5.79. The maximum Gasteiger partial charge on any atom is 0.131 e. The van der Waals surface area contributed by atoms with Gasteiger partial charge in [-0.3, -0.25) is 0 Å². The van der Waals surface area contributed by atoms with Crippen LogP contribution in [-0.4, -0.2) is 23.6 Å². The first kappa shape index (κ1) is 13.5. The van der Waals surface area contributed by atoms with Crippen molar-refractivity contribution in [3.63, 3.8) is 0 Å². The monoisotopic (exact) mass is 247 g/mol. The first-order valence-electron chi connectivity index (χ1n) is 7.16. The van der Waals surface area contributed by atoms with Gasteiger partial charge in [-0.05, 0) is 57.7 Å². The summed E-state index contributed by atoms with van der Waals surface area (Å²) in [5.41, 5.74) is 3.93. The van der Waals surface area contributed by atoms with E-state index in [2.05, 4.69) is 26.1 Å². The highest BCUT2D eigenvalue weighted by molar-refractivity contribution is 5.29. The van der Waals surface area contributed by atoms with Gasteiger partial charge in [0, 0.05) is 17.3 Å². The molecule has 1 N–H and O–H groups in total. The van der Waals surface area contributed by atoms with Gasteiger partial charge in [-0.2, -0.15) is 0 Å². The molecule has 3 heteroatoms. The van der Waals surface area contributed by atoms with E-state index in [0.717, 1.165) is 37.5 Å². The Kier molecular flexibility index (Phi) is 4.33. The van der Waals surface area contributed by atoms with Crippen molar-refractivity contribution in [1.82, 2.24) is 15.3 Å². The summed E-state index contributed by atoms with van der Waals surface area (Å²) < 4.78 is 0. The highest BCUT2D eigenvalue weighted by atomic mass is 14.9. The second-order valence-electron chi connectivity index (χ2n) is 5.57. The zero-order chi connectivity index (χ0) is 13.1. The highest BCUT2D eigenvalue weighted by Crippen LogP contribution is 2.27. The van der Waals surface area contributed by atoms with Crippen LogP contribution >= 0.6 is 0 Å². The fourth-order valence-electron chi connectivity index (χ4n) is 2.75. The lowest BCUT2D eigenvalue weighted by Crippen LogP contribution is -2.26. The van der Waals surface area contributed by atoms with Crippen LogP contribution in [0.4, 0.5) is 0 Å². The Balaban J connectivity index is 2.25. The van der Waals surface area contributed by atoms with Crippen LogP contribution in [0, 0.1) is 12.8 Å². The van der Waals surface area contributed by atoms with Crippen LogP contribution in [-0.2, 0) is 12.8 Å². The molecule has 0 fully saturated rings. The van der Waals surface area contributed by atoms with Gasteiger partial charge in [-0.25, -0.2) is 9.97 Å². The van der Waals surface area contributed by atoms with Crippen molar-refractivity contribution in [2.24, 2.45) is 5.92 Å². The molecule has 0 saturated heterocycles. The Morgan fingerprint density at radius 2 is 2.17 bits per heavy atom. The Hall–Kier alpha value is -0.960. The van der Waals surface area contributed by atoms with Crippen LogP contribution in [0.5, 0.6) is 0 Å². The third kappa shape index (κ3) is 2.72. The van der Waals surface area contributed by atoms with E-state index in [1.165, 1.54) is 23.4 Å². The summed E-state index contributed by atoms with van der Waals surface area (Å²) in [6.07, 6.45) is 4.63. The van der Waals surface area contributed by atoms with Crippen LogP contribution in [0.15, 0.2) is 0 Å². The molecule has 18 heavy (non-hydrogen) atoms. The van der Waals surface area contributed by atoms with E-state index in [4.69, 9.17) is 9.97 Å². The van der Waals surface area contributed by atoms with Crippen molar-refractivity contribution < 1.29 is 0 Å². The van der Waals surface area contributed by atoms with Crippen molar-refractivity contribution in [2.75, 3.05) is 13.6 Å². The number of fused-ring (bicyclic) bond motifs is 1. The number of hydrogen-bond donors (Lipinski definition) is 1. The van der Waals surface area contributed by atoms with E-state index in [1.54, 1.807) is 0 Å². The molecule has 1 aromatic heterocycles. The second-order valence-corrected chi connectivity index (χ2v) is 5.57. The Bertz CT molecular complexity index is 414. The summed E-state index contributed by atoms with van der Waals surface area (Å²) in [7, 11) is 2.03. The lowest BCUT2D eigenvalue weighted by atomic mass is 9.85. The average Bonchev–Trinajstić information content (AvgIpc) is 2.38. The number of hydrogen-bond acceptors (Lipinski definition) is 3. The molecule has 1 aromatic rings. The lowest BCUT2D eigenvalue weighted by molar-refractivity contribution is 0.430. The molecule has 2 atom stereocenters. The third-order valence-corrected chi connectivity index (χ3v) is 4.14. The van der Waals surface area contributed by atoms with Crippen molar-refractivity contribution in [3.8, 4) is 0 Å². The fraction of sp³-hybridized carbons (Fsp3) is 0.733. The van der Waals surface area contributed by atoms with Gasteiger partial charge in [0.05, 0.1) is 0 Å². The van der Waals surface area contributed by atoms with Gasteiger partial charge in [-0.1, -0.05) is 13.8 Å². The number of rotatable bonds is 4. The zero-order valence-electron chi connectivity index (χ0n) is 12.1. The standard InChI is InChI=1S/C15H25N3/c1-5-10(2)15-17-11(3)13-8-12(9-16-4)6-7-14(13)18-15/h10,12,16H,5-9H2,1-4H3. The number of nitrogens with zero attached hydrogens (tertiary/aromatic N) is 2. The predicted octanol–water partition coefficient (Wildman–Crippen LogP) is 2.62. The normalized spacial score (nSPS) is 20.6. The van der Waals surface area contributed by atoms with Crippen LogP contribution in [0.25, 0.3) is 0 Å². The minimum Gasteiger partial charge on any atom is -0.319 e. The van der Waals surface area contributed by atoms with E-state index in [9.17, 15) is 0 Å². The van der Waals surface area contributed by atoms with E-state index in [-0.39, 0.29) is 0 Å². The van der Waals surface area contributed by atoms with Crippen LogP contribution in [0.3, 0.4) is 0 Å². The first-order valence-corrected chi connectivity index (χ1v) is 7.16. The molecule has 0 bridgehead atoms. The predicted molar refractivity (Wildman–Crippen MR) is 74.9 cm³/mol. The van der Waals surface area contributed by atoms with Crippen molar-refractivity contribution in [2.45, 2.75) is 52.4 Å². The minimum absolute atomic E-state index is 0.476. The molecule has 100 valence electrons. The van der Waals surface area contributed by atoms with Gasteiger partial charge in [0.2, 0.25) is 0 Å². The smallest absolute Gasteiger partial charge is 0.131 e. The molecule has 1 aliphatic carbocycles. The Morgan fingerprint density at radius 1 is 1.39 bits per heavy atom. The molecule has 1 aliphatic rings. The molecular weight excluding hydrogens is 222 g/mol. The third-order valence-electron chi connectivity index (χ3n) is 4.14. The van der Waals surface area contributed by atoms with Crippen LogP contribution in [0.2, 0.25) is 0 Å². The molecule has 0 aromatic carbocycles.